The van der Waals surface area contributed by atoms with Crippen molar-refractivity contribution in [2.24, 2.45) is 17.6 Å². The van der Waals surface area contributed by atoms with E-state index in [2.05, 4.69) is 11.2 Å². The minimum Gasteiger partial charge on any atom is -0.352 e. The van der Waals surface area contributed by atoms with Gasteiger partial charge in [0.2, 0.25) is 5.91 Å². The Bertz CT molecular complexity index is 218. The molecule has 80 valence electrons. The maximum absolute atomic E-state index is 11.6. The second-order valence-electron chi connectivity index (χ2n) is 3.90. The van der Waals surface area contributed by atoms with Crippen LogP contribution in [0.1, 0.15) is 27.2 Å². The van der Waals surface area contributed by atoms with Crippen molar-refractivity contribution in [1.82, 2.24) is 5.32 Å². The van der Waals surface area contributed by atoms with Crippen LogP contribution in [-0.4, -0.2) is 18.5 Å². The average molecular weight is 196 g/mol. The molecular weight excluding hydrogens is 176 g/mol. The first-order chi connectivity index (χ1) is 6.52. The maximum atomic E-state index is 11.6. The molecule has 0 aliphatic carbocycles. The summed E-state index contributed by atoms with van der Waals surface area (Å²) < 4.78 is 0. The highest BCUT2D eigenvalue weighted by atomic mass is 16.1. The number of terminal acetylenes is 1. The molecule has 3 nitrogen and oxygen atoms in total. The highest BCUT2D eigenvalue weighted by Gasteiger charge is 2.21. The van der Waals surface area contributed by atoms with Crippen LogP contribution in [0.5, 0.6) is 0 Å². The largest absolute Gasteiger partial charge is 0.352 e. The summed E-state index contributed by atoms with van der Waals surface area (Å²) in [6.07, 6.45) is 5.70. The molecular formula is C11H20N2O. The molecule has 2 unspecified atom stereocenters. The van der Waals surface area contributed by atoms with Gasteiger partial charge in [-0.3, -0.25) is 4.79 Å². The summed E-state index contributed by atoms with van der Waals surface area (Å²) in [4.78, 5) is 11.6. The molecule has 0 heterocycles. The van der Waals surface area contributed by atoms with Gasteiger partial charge in [-0.25, -0.2) is 0 Å². The van der Waals surface area contributed by atoms with E-state index < -0.39 is 0 Å². The van der Waals surface area contributed by atoms with Crippen LogP contribution in [0.4, 0.5) is 0 Å². The molecule has 3 N–H and O–H groups in total. The van der Waals surface area contributed by atoms with Crippen LogP contribution in [0, 0.1) is 24.2 Å². The highest BCUT2D eigenvalue weighted by Crippen LogP contribution is 2.09. The minimum absolute atomic E-state index is 0.00486. The molecule has 0 fully saturated rings. The number of nitrogens with two attached hydrogens (primary N) is 1. The third kappa shape index (κ3) is 4.29. The molecule has 0 aromatic rings. The number of nitrogens with one attached hydrogen (secondary N) is 1. The smallest absolute Gasteiger partial charge is 0.224 e. The Morgan fingerprint density at radius 2 is 2.07 bits per heavy atom. The van der Waals surface area contributed by atoms with Gasteiger partial charge in [-0.05, 0) is 12.8 Å². The Balaban J connectivity index is 4.12. The Kier molecular flexibility index (Phi) is 5.98. The highest BCUT2D eigenvalue weighted by molar-refractivity contribution is 5.79. The second kappa shape index (κ2) is 6.44. The van der Waals surface area contributed by atoms with Crippen molar-refractivity contribution in [3.8, 4) is 12.3 Å². The Hall–Kier alpha value is -1.01. The number of carbonyl (C=O) groups excluding carboxylic acids is 1. The predicted octanol–water partition coefficient (Wildman–Crippen LogP) is 0.745. The molecule has 0 aliphatic rings. The summed E-state index contributed by atoms with van der Waals surface area (Å²) in [5, 5.41) is 2.85. The zero-order valence-corrected chi connectivity index (χ0v) is 9.21. The van der Waals surface area contributed by atoms with Crippen molar-refractivity contribution in [2.45, 2.75) is 33.2 Å². The predicted molar refractivity (Wildman–Crippen MR) is 58.4 cm³/mol. The SMILES string of the molecule is C#CCC(C)NC(=O)C(CN)C(C)C. The van der Waals surface area contributed by atoms with Gasteiger partial charge in [0.1, 0.15) is 0 Å². The van der Waals surface area contributed by atoms with Gasteiger partial charge in [-0.15, -0.1) is 12.3 Å². The van der Waals surface area contributed by atoms with Crippen LogP contribution in [-0.2, 0) is 4.79 Å². The van der Waals surface area contributed by atoms with Crippen LogP contribution in [0.15, 0.2) is 0 Å². The van der Waals surface area contributed by atoms with Gasteiger partial charge in [0, 0.05) is 19.0 Å². The van der Waals surface area contributed by atoms with Crippen molar-refractivity contribution in [2.75, 3.05) is 6.54 Å². The molecule has 2 atom stereocenters. The molecule has 0 radical (unpaired) electrons. The fraction of sp³-hybridized carbons (Fsp3) is 0.727. The molecule has 0 aromatic heterocycles. The van der Waals surface area contributed by atoms with Crippen LogP contribution >= 0.6 is 0 Å². The monoisotopic (exact) mass is 196 g/mol. The summed E-state index contributed by atoms with van der Waals surface area (Å²) >= 11 is 0. The molecule has 0 aromatic carbocycles. The second-order valence-corrected chi connectivity index (χ2v) is 3.90. The minimum atomic E-state index is -0.116. The van der Waals surface area contributed by atoms with E-state index in [9.17, 15) is 4.79 Å². The van der Waals surface area contributed by atoms with Gasteiger partial charge in [0.25, 0.3) is 0 Å². The molecule has 1 amide bonds. The van der Waals surface area contributed by atoms with Gasteiger partial charge in [0.05, 0.1) is 5.92 Å². The summed E-state index contributed by atoms with van der Waals surface area (Å²) in [6, 6.07) is 0.0281. The lowest BCUT2D eigenvalue weighted by atomic mass is 9.95. The normalized spacial score (nSPS) is 14.6. The van der Waals surface area contributed by atoms with Crippen molar-refractivity contribution < 1.29 is 4.79 Å². The van der Waals surface area contributed by atoms with Gasteiger partial charge in [0.15, 0.2) is 0 Å². The number of hydrogen-bond acceptors (Lipinski definition) is 2. The first-order valence-corrected chi connectivity index (χ1v) is 4.96. The Labute approximate surface area is 86.4 Å². The van der Waals surface area contributed by atoms with Crippen LogP contribution in [0.25, 0.3) is 0 Å². The summed E-state index contributed by atoms with van der Waals surface area (Å²) in [7, 11) is 0. The van der Waals surface area contributed by atoms with Crippen molar-refractivity contribution in [3.63, 3.8) is 0 Å². The van der Waals surface area contributed by atoms with Crippen molar-refractivity contribution in [3.05, 3.63) is 0 Å². The lowest BCUT2D eigenvalue weighted by Gasteiger charge is -2.20. The lowest BCUT2D eigenvalue weighted by Crippen LogP contribution is -2.41. The van der Waals surface area contributed by atoms with E-state index in [1.54, 1.807) is 0 Å². The van der Waals surface area contributed by atoms with Gasteiger partial charge < -0.3 is 11.1 Å². The number of hydrogen-bond donors (Lipinski definition) is 2. The van der Waals surface area contributed by atoms with Gasteiger partial charge in [-0.2, -0.15) is 0 Å². The van der Waals surface area contributed by atoms with Gasteiger partial charge in [-0.1, -0.05) is 13.8 Å². The molecule has 0 saturated heterocycles. The molecule has 0 aliphatic heterocycles. The summed E-state index contributed by atoms with van der Waals surface area (Å²) in [6.45, 7) is 6.25. The van der Waals surface area contributed by atoms with E-state index >= 15 is 0 Å². The van der Waals surface area contributed by atoms with E-state index in [1.165, 1.54) is 0 Å². The van der Waals surface area contributed by atoms with Crippen LogP contribution < -0.4 is 11.1 Å². The first-order valence-electron chi connectivity index (χ1n) is 4.96. The van der Waals surface area contributed by atoms with Crippen LogP contribution in [0.2, 0.25) is 0 Å². The average Bonchev–Trinajstić information content (AvgIpc) is 2.04. The van der Waals surface area contributed by atoms with Crippen molar-refractivity contribution in [1.29, 1.82) is 0 Å². The first kappa shape index (κ1) is 13.0. The molecule has 0 spiro atoms. The van der Waals surface area contributed by atoms with Gasteiger partial charge >= 0.3 is 0 Å². The molecule has 0 bridgehead atoms. The van der Waals surface area contributed by atoms with E-state index in [0.29, 0.717) is 13.0 Å². The Morgan fingerprint density at radius 3 is 2.43 bits per heavy atom. The molecule has 14 heavy (non-hydrogen) atoms. The van der Waals surface area contributed by atoms with Crippen molar-refractivity contribution >= 4 is 5.91 Å². The van der Waals surface area contributed by atoms with Crippen LogP contribution in [0.3, 0.4) is 0 Å². The maximum Gasteiger partial charge on any atom is 0.224 e. The summed E-state index contributed by atoms with van der Waals surface area (Å²) in [5.41, 5.74) is 5.52. The molecule has 3 heteroatoms. The standard InChI is InChI=1S/C11H20N2O/c1-5-6-9(4)13-11(14)10(7-12)8(2)3/h1,8-10H,6-7,12H2,2-4H3,(H,13,14). The number of rotatable bonds is 5. The number of carbonyl (C=O) groups is 1. The fourth-order valence-corrected chi connectivity index (χ4v) is 1.26. The summed E-state index contributed by atoms with van der Waals surface area (Å²) in [5.74, 6) is 2.66. The number of amides is 1. The molecule has 0 rings (SSSR count). The molecule has 0 saturated carbocycles. The lowest BCUT2D eigenvalue weighted by molar-refractivity contribution is -0.126. The Morgan fingerprint density at radius 1 is 1.50 bits per heavy atom. The zero-order chi connectivity index (χ0) is 11.1. The topological polar surface area (TPSA) is 55.1 Å². The quantitative estimate of drug-likeness (QED) is 0.637. The van der Waals surface area contributed by atoms with E-state index in [4.69, 9.17) is 12.2 Å². The third-order valence-electron chi connectivity index (χ3n) is 2.21. The zero-order valence-electron chi connectivity index (χ0n) is 9.21. The van der Waals surface area contributed by atoms with E-state index in [-0.39, 0.29) is 23.8 Å². The van der Waals surface area contributed by atoms with E-state index in [1.807, 2.05) is 20.8 Å². The third-order valence-corrected chi connectivity index (χ3v) is 2.21. The fourth-order valence-electron chi connectivity index (χ4n) is 1.26. The van der Waals surface area contributed by atoms with E-state index in [0.717, 1.165) is 0 Å².